The molecule has 2 rings (SSSR count). The van der Waals surface area contributed by atoms with Crippen LogP contribution in [0.15, 0.2) is 35.8 Å². The summed E-state index contributed by atoms with van der Waals surface area (Å²) in [5.74, 6) is -0.494. The molecule has 0 fully saturated rings. The highest BCUT2D eigenvalue weighted by atomic mass is 32.1. The van der Waals surface area contributed by atoms with Crippen LogP contribution >= 0.6 is 11.3 Å². The van der Waals surface area contributed by atoms with Gasteiger partial charge in [-0.25, -0.2) is 9.78 Å². The zero-order valence-electron chi connectivity index (χ0n) is 8.42. The standard InChI is InChI=1S/C11H10N2O2S/c12-9-4-1-5-13-10(9)11(14)15-7-8-3-2-6-16-8/h1-6H,7,12H2. The molecule has 0 saturated carbocycles. The Balaban J connectivity index is 2.01. The Kier molecular flexibility index (Phi) is 3.16. The van der Waals surface area contributed by atoms with Crippen LogP contribution in [0, 0.1) is 0 Å². The number of hydrogen-bond acceptors (Lipinski definition) is 5. The van der Waals surface area contributed by atoms with Crippen molar-refractivity contribution in [1.29, 1.82) is 0 Å². The van der Waals surface area contributed by atoms with E-state index in [1.165, 1.54) is 17.5 Å². The molecule has 0 aromatic carbocycles. The highest BCUT2D eigenvalue weighted by Crippen LogP contribution is 2.13. The van der Waals surface area contributed by atoms with Crippen LogP contribution in [-0.4, -0.2) is 11.0 Å². The van der Waals surface area contributed by atoms with Crippen LogP contribution in [0.3, 0.4) is 0 Å². The van der Waals surface area contributed by atoms with Crippen molar-refractivity contribution in [2.75, 3.05) is 5.73 Å². The maximum absolute atomic E-state index is 11.6. The Morgan fingerprint density at radius 2 is 2.31 bits per heavy atom. The van der Waals surface area contributed by atoms with Gasteiger partial charge in [-0.3, -0.25) is 0 Å². The smallest absolute Gasteiger partial charge is 0.359 e. The number of anilines is 1. The second kappa shape index (κ2) is 4.76. The van der Waals surface area contributed by atoms with Crippen LogP contribution in [0.25, 0.3) is 0 Å². The minimum Gasteiger partial charge on any atom is -0.455 e. The SMILES string of the molecule is Nc1cccnc1C(=O)OCc1cccs1. The van der Waals surface area contributed by atoms with Gasteiger partial charge >= 0.3 is 5.97 Å². The molecular formula is C11H10N2O2S. The third-order valence-corrected chi connectivity index (χ3v) is 2.81. The van der Waals surface area contributed by atoms with Crippen molar-refractivity contribution in [3.05, 3.63) is 46.4 Å². The zero-order valence-corrected chi connectivity index (χ0v) is 9.24. The third kappa shape index (κ3) is 2.38. The van der Waals surface area contributed by atoms with Gasteiger partial charge < -0.3 is 10.5 Å². The summed E-state index contributed by atoms with van der Waals surface area (Å²) < 4.78 is 5.08. The number of ether oxygens (including phenoxy) is 1. The third-order valence-electron chi connectivity index (χ3n) is 1.96. The van der Waals surface area contributed by atoms with Gasteiger partial charge in [-0.05, 0) is 23.6 Å². The molecule has 0 radical (unpaired) electrons. The lowest BCUT2D eigenvalue weighted by Crippen LogP contribution is -2.09. The number of hydrogen-bond donors (Lipinski definition) is 1. The number of carbonyl (C=O) groups is 1. The molecule has 16 heavy (non-hydrogen) atoms. The van der Waals surface area contributed by atoms with E-state index in [1.807, 2.05) is 17.5 Å². The minimum absolute atomic E-state index is 0.166. The summed E-state index contributed by atoms with van der Waals surface area (Å²) in [6.07, 6.45) is 1.51. The molecule has 4 nitrogen and oxygen atoms in total. The van der Waals surface area contributed by atoms with E-state index >= 15 is 0 Å². The molecule has 2 aromatic heterocycles. The fourth-order valence-electron chi connectivity index (χ4n) is 1.19. The highest BCUT2D eigenvalue weighted by Gasteiger charge is 2.12. The summed E-state index contributed by atoms with van der Waals surface area (Å²) in [7, 11) is 0. The predicted molar refractivity (Wildman–Crippen MR) is 62.1 cm³/mol. The molecule has 0 aliphatic heterocycles. The number of rotatable bonds is 3. The van der Waals surface area contributed by atoms with Gasteiger partial charge in [0.05, 0.1) is 5.69 Å². The van der Waals surface area contributed by atoms with Gasteiger partial charge in [0.1, 0.15) is 6.61 Å². The second-order valence-electron chi connectivity index (χ2n) is 3.10. The Morgan fingerprint density at radius 1 is 1.44 bits per heavy atom. The number of carbonyl (C=O) groups excluding carboxylic acids is 1. The first-order valence-corrected chi connectivity index (χ1v) is 5.55. The van der Waals surface area contributed by atoms with Crippen molar-refractivity contribution in [3.8, 4) is 0 Å². The monoisotopic (exact) mass is 234 g/mol. The maximum atomic E-state index is 11.6. The lowest BCUT2D eigenvalue weighted by atomic mass is 10.3. The summed E-state index contributed by atoms with van der Waals surface area (Å²) in [6, 6.07) is 7.10. The van der Waals surface area contributed by atoms with Crippen molar-refractivity contribution in [2.24, 2.45) is 0 Å². The lowest BCUT2D eigenvalue weighted by Gasteiger charge is -2.04. The molecule has 2 N–H and O–H groups in total. The van der Waals surface area contributed by atoms with Gasteiger partial charge in [-0.15, -0.1) is 11.3 Å². The van der Waals surface area contributed by atoms with Crippen LogP contribution in [0.5, 0.6) is 0 Å². The number of pyridine rings is 1. The van der Waals surface area contributed by atoms with Crippen LogP contribution in [0.4, 0.5) is 5.69 Å². The first-order chi connectivity index (χ1) is 7.77. The van der Waals surface area contributed by atoms with Crippen LogP contribution in [0.1, 0.15) is 15.4 Å². The van der Waals surface area contributed by atoms with Gasteiger partial charge in [0, 0.05) is 11.1 Å². The van der Waals surface area contributed by atoms with E-state index in [-0.39, 0.29) is 12.3 Å². The maximum Gasteiger partial charge on any atom is 0.359 e. The van der Waals surface area contributed by atoms with E-state index < -0.39 is 5.97 Å². The van der Waals surface area contributed by atoms with Crippen LogP contribution in [-0.2, 0) is 11.3 Å². The average Bonchev–Trinajstić information content (AvgIpc) is 2.79. The van der Waals surface area contributed by atoms with Gasteiger partial charge in [0.15, 0.2) is 5.69 Å². The van der Waals surface area contributed by atoms with Gasteiger partial charge in [0.25, 0.3) is 0 Å². The number of aromatic nitrogens is 1. The largest absolute Gasteiger partial charge is 0.455 e. The molecule has 2 heterocycles. The number of nitrogens with zero attached hydrogens (tertiary/aromatic N) is 1. The molecule has 0 aliphatic carbocycles. The number of nitrogen functional groups attached to an aromatic ring is 1. The molecule has 0 spiro atoms. The molecular weight excluding hydrogens is 224 g/mol. The van der Waals surface area contributed by atoms with Crippen molar-refractivity contribution in [3.63, 3.8) is 0 Å². The van der Waals surface area contributed by atoms with E-state index in [4.69, 9.17) is 10.5 Å². The second-order valence-corrected chi connectivity index (χ2v) is 4.13. The summed E-state index contributed by atoms with van der Waals surface area (Å²) in [4.78, 5) is 16.5. The predicted octanol–water partition coefficient (Wildman–Crippen LogP) is 2.08. The van der Waals surface area contributed by atoms with Crippen molar-refractivity contribution >= 4 is 23.0 Å². The summed E-state index contributed by atoms with van der Waals surface area (Å²) in [5.41, 5.74) is 6.11. The molecule has 0 atom stereocenters. The molecule has 0 unspecified atom stereocenters. The van der Waals surface area contributed by atoms with E-state index in [9.17, 15) is 4.79 Å². The molecule has 82 valence electrons. The average molecular weight is 234 g/mol. The lowest BCUT2D eigenvalue weighted by molar-refractivity contribution is 0.0471. The van der Waals surface area contributed by atoms with E-state index in [1.54, 1.807) is 12.1 Å². The quantitative estimate of drug-likeness (QED) is 0.826. The topological polar surface area (TPSA) is 65.2 Å². The number of nitrogens with two attached hydrogens (primary N) is 1. The van der Waals surface area contributed by atoms with Crippen LogP contribution in [0.2, 0.25) is 0 Å². The number of esters is 1. The molecule has 0 bridgehead atoms. The van der Waals surface area contributed by atoms with Crippen molar-refractivity contribution in [1.82, 2.24) is 4.98 Å². The molecule has 5 heteroatoms. The molecule has 0 saturated heterocycles. The Bertz CT molecular complexity index is 482. The fraction of sp³-hybridized carbons (Fsp3) is 0.0909. The first-order valence-electron chi connectivity index (χ1n) is 4.67. The summed E-state index contributed by atoms with van der Waals surface area (Å²) in [6.45, 7) is 0.256. The first kappa shape index (κ1) is 10.6. The van der Waals surface area contributed by atoms with E-state index in [2.05, 4.69) is 4.98 Å². The van der Waals surface area contributed by atoms with Crippen molar-refractivity contribution in [2.45, 2.75) is 6.61 Å². The van der Waals surface area contributed by atoms with E-state index in [0.717, 1.165) is 4.88 Å². The summed E-state index contributed by atoms with van der Waals surface area (Å²) >= 11 is 1.54. The van der Waals surface area contributed by atoms with Gasteiger partial charge in [-0.1, -0.05) is 6.07 Å². The fourth-order valence-corrected chi connectivity index (χ4v) is 1.80. The molecule has 2 aromatic rings. The van der Waals surface area contributed by atoms with Gasteiger partial charge in [0.2, 0.25) is 0 Å². The zero-order chi connectivity index (χ0) is 11.4. The highest BCUT2D eigenvalue weighted by molar-refractivity contribution is 7.09. The Labute approximate surface area is 96.7 Å². The molecule has 0 amide bonds. The minimum atomic E-state index is -0.494. The Hall–Kier alpha value is -1.88. The van der Waals surface area contributed by atoms with Crippen molar-refractivity contribution < 1.29 is 9.53 Å². The summed E-state index contributed by atoms with van der Waals surface area (Å²) in [5, 5.41) is 1.93. The number of thiophene rings is 1. The van der Waals surface area contributed by atoms with Gasteiger partial charge in [-0.2, -0.15) is 0 Å². The van der Waals surface area contributed by atoms with Crippen LogP contribution < -0.4 is 5.73 Å². The normalized spacial score (nSPS) is 10.0. The Morgan fingerprint density at radius 3 is 3.00 bits per heavy atom. The van der Waals surface area contributed by atoms with E-state index in [0.29, 0.717) is 5.69 Å². The molecule has 0 aliphatic rings.